The van der Waals surface area contributed by atoms with Crippen molar-refractivity contribution in [3.63, 3.8) is 0 Å². The minimum absolute atomic E-state index is 0.575. The molecule has 0 unspecified atom stereocenters. The lowest BCUT2D eigenvalue weighted by Crippen LogP contribution is -2.19. The van der Waals surface area contributed by atoms with Gasteiger partial charge >= 0.3 is 0 Å². The summed E-state index contributed by atoms with van der Waals surface area (Å²) < 4.78 is 2.03. The molecule has 1 aromatic heterocycles. The molecule has 3 heteroatoms. The lowest BCUT2D eigenvalue weighted by atomic mass is 10.0. The van der Waals surface area contributed by atoms with Crippen molar-refractivity contribution in [1.29, 1.82) is 0 Å². The molecular formula is C13H23N3. The molecule has 2 rings (SSSR count). The van der Waals surface area contributed by atoms with Crippen molar-refractivity contribution >= 4 is 0 Å². The second-order valence-corrected chi connectivity index (χ2v) is 5.21. The Balaban J connectivity index is 2.21. The van der Waals surface area contributed by atoms with Gasteiger partial charge in [0.05, 0.1) is 5.69 Å². The Labute approximate surface area is 98.4 Å². The number of hydrogen-bond acceptors (Lipinski definition) is 2. The molecule has 0 aliphatic carbocycles. The topological polar surface area (TPSA) is 21.1 Å². The van der Waals surface area contributed by atoms with E-state index in [0.29, 0.717) is 5.92 Å². The monoisotopic (exact) mass is 221 g/mol. The first-order chi connectivity index (χ1) is 7.59. The Morgan fingerprint density at radius 2 is 1.88 bits per heavy atom. The van der Waals surface area contributed by atoms with Crippen molar-refractivity contribution in [3.05, 3.63) is 17.0 Å². The normalized spacial score (nSPS) is 17.6. The molecule has 0 aromatic carbocycles. The van der Waals surface area contributed by atoms with E-state index in [-0.39, 0.29) is 0 Å². The average molecular weight is 221 g/mol. The van der Waals surface area contributed by atoms with Crippen molar-refractivity contribution in [2.24, 2.45) is 7.05 Å². The van der Waals surface area contributed by atoms with E-state index in [1.54, 1.807) is 0 Å². The fraction of sp³-hybridized carbons (Fsp3) is 0.769. The summed E-state index contributed by atoms with van der Waals surface area (Å²) >= 11 is 0. The molecule has 1 aromatic rings. The molecule has 1 aliphatic rings. The first-order valence-corrected chi connectivity index (χ1v) is 6.34. The standard InChI is InChI=1S/C13H23N3/c1-10(2)13-11(3)15(4)14-12(13)9-16-7-5-6-8-16/h10H,5-9H2,1-4H3. The summed E-state index contributed by atoms with van der Waals surface area (Å²) in [6, 6.07) is 0. The Hall–Kier alpha value is -0.830. The van der Waals surface area contributed by atoms with Crippen LogP contribution >= 0.6 is 0 Å². The molecule has 0 N–H and O–H groups in total. The molecule has 0 atom stereocenters. The maximum absolute atomic E-state index is 4.67. The molecule has 0 amide bonds. The molecule has 3 nitrogen and oxygen atoms in total. The minimum Gasteiger partial charge on any atom is -0.297 e. The van der Waals surface area contributed by atoms with Crippen LogP contribution in [0.3, 0.4) is 0 Å². The highest BCUT2D eigenvalue weighted by Gasteiger charge is 2.19. The Bertz CT molecular complexity index is 359. The molecule has 90 valence electrons. The number of aromatic nitrogens is 2. The van der Waals surface area contributed by atoms with Crippen LogP contribution in [0.5, 0.6) is 0 Å². The highest BCUT2D eigenvalue weighted by Crippen LogP contribution is 2.24. The number of nitrogens with zero attached hydrogens (tertiary/aromatic N) is 3. The van der Waals surface area contributed by atoms with E-state index < -0.39 is 0 Å². The van der Waals surface area contributed by atoms with E-state index in [0.717, 1.165) is 6.54 Å². The van der Waals surface area contributed by atoms with Gasteiger partial charge in [0.25, 0.3) is 0 Å². The number of hydrogen-bond donors (Lipinski definition) is 0. The smallest absolute Gasteiger partial charge is 0.0801 e. The van der Waals surface area contributed by atoms with Gasteiger partial charge in [-0.2, -0.15) is 5.10 Å². The van der Waals surface area contributed by atoms with Crippen LogP contribution in [0.1, 0.15) is 49.6 Å². The van der Waals surface area contributed by atoms with Crippen molar-refractivity contribution in [2.75, 3.05) is 13.1 Å². The van der Waals surface area contributed by atoms with E-state index in [1.165, 1.54) is 42.9 Å². The molecule has 0 saturated carbocycles. The predicted octanol–water partition coefficient (Wildman–Crippen LogP) is 2.45. The maximum atomic E-state index is 4.67. The van der Waals surface area contributed by atoms with E-state index in [4.69, 9.17) is 0 Å². The number of aryl methyl sites for hydroxylation is 1. The van der Waals surface area contributed by atoms with Crippen LogP contribution in [0.15, 0.2) is 0 Å². The highest BCUT2D eigenvalue weighted by molar-refractivity contribution is 5.28. The zero-order valence-corrected chi connectivity index (χ0v) is 11.0. The average Bonchev–Trinajstić information content (AvgIpc) is 2.77. The van der Waals surface area contributed by atoms with Crippen LogP contribution in [0.2, 0.25) is 0 Å². The molecular weight excluding hydrogens is 198 g/mol. The molecule has 16 heavy (non-hydrogen) atoms. The van der Waals surface area contributed by atoms with Crippen LogP contribution in [0.4, 0.5) is 0 Å². The van der Waals surface area contributed by atoms with Crippen molar-refractivity contribution in [2.45, 2.75) is 46.1 Å². The molecule has 2 heterocycles. The van der Waals surface area contributed by atoms with Gasteiger partial charge in [-0.05, 0) is 38.8 Å². The van der Waals surface area contributed by atoms with E-state index in [9.17, 15) is 0 Å². The van der Waals surface area contributed by atoms with Gasteiger partial charge in [0.2, 0.25) is 0 Å². The lowest BCUT2D eigenvalue weighted by Gasteiger charge is -2.15. The summed E-state index contributed by atoms with van der Waals surface area (Å²) in [5.74, 6) is 0.575. The molecule has 0 spiro atoms. The summed E-state index contributed by atoms with van der Waals surface area (Å²) in [6.07, 6.45) is 2.70. The minimum atomic E-state index is 0.575. The zero-order chi connectivity index (χ0) is 11.7. The number of rotatable bonds is 3. The molecule has 0 bridgehead atoms. The lowest BCUT2D eigenvalue weighted by molar-refractivity contribution is 0.324. The van der Waals surface area contributed by atoms with Crippen molar-refractivity contribution in [3.8, 4) is 0 Å². The first kappa shape index (κ1) is 11.6. The van der Waals surface area contributed by atoms with Crippen LogP contribution in [0, 0.1) is 6.92 Å². The van der Waals surface area contributed by atoms with Gasteiger partial charge in [0.15, 0.2) is 0 Å². The van der Waals surface area contributed by atoms with Gasteiger partial charge in [-0.25, -0.2) is 0 Å². The van der Waals surface area contributed by atoms with Crippen LogP contribution in [-0.2, 0) is 13.6 Å². The largest absolute Gasteiger partial charge is 0.297 e. The second-order valence-electron chi connectivity index (χ2n) is 5.21. The SMILES string of the molecule is Cc1c(C(C)C)c(CN2CCCC2)nn1C. The van der Waals surface area contributed by atoms with Gasteiger partial charge in [0.1, 0.15) is 0 Å². The molecule has 1 aliphatic heterocycles. The summed E-state index contributed by atoms with van der Waals surface area (Å²) in [5, 5.41) is 4.67. The second kappa shape index (κ2) is 4.58. The van der Waals surface area contributed by atoms with Gasteiger partial charge in [-0.3, -0.25) is 9.58 Å². The maximum Gasteiger partial charge on any atom is 0.0801 e. The zero-order valence-electron chi connectivity index (χ0n) is 11.0. The summed E-state index contributed by atoms with van der Waals surface area (Å²) in [4.78, 5) is 2.52. The Morgan fingerprint density at radius 1 is 1.25 bits per heavy atom. The fourth-order valence-electron chi connectivity index (χ4n) is 2.71. The van der Waals surface area contributed by atoms with Gasteiger partial charge in [-0.1, -0.05) is 13.8 Å². The van der Waals surface area contributed by atoms with Crippen LogP contribution in [0.25, 0.3) is 0 Å². The third-order valence-electron chi connectivity index (χ3n) is 3.61. The first-order valence-electron chi connectivity index (χ1n) is 6.34. The summed E-state index contributed by atoms with van der Waals surface area (Å²) in [5.41, 5.74) is 4.07. The third kappa shape index (κ3) is 2.14. The van der Waals surface area contributed by atoms with Crippen molar-refractivity contribution in [1.82, 2.24) is 14.7 Å². The molecule has 1 fully saturated rings. The highest BCUT2D eigenvalue weighted by atomic mass is 15.3. The quantitative estimate of drug-likeness (QED) is 0.781. The van der Waals surface area contributed by atoms with E-state index >= 15 is 0 Å². The van der Waals surface area contributed by atoms with Gasteiger partial charge in [0, 0.05) is 24.8 Å². The predicted molar refractivity (Wildman–Crippen MR) is 66.5 cm³/mol. The van der Waals surface area contributed by atoms with E-state index in [1.807, 2.05) is 4.68 Å². The Kier molecular flexibility index (Phi) is 3.33. The van der Waals surface area contributed by atoms with Gasteiger partial charge < -0.3 is 0 Å². The molecule has 0 radical (unpaired) electrons. The fourth-order valence-corrected chi connectivity index (χ4v) is 2.71. The Morgan fingerprint density at radius 3 is 2.44 bits per heavy atom. The number of likely N-dealkylation sites (tertiary alicyclic amines) is 1. The van der Waals surface area contributed by atoms with Crippen LogP contribution < -0.4 is 0 Å². The molecule has 1 saturated heterocycles. The van der Waals surface area contributed by atoms with E-state index in [2.05, 4.69) is 37.8 Å². The van der Waals surface area contributed by atoms with Crippen molar-refractivity contribution < 1.29 is 0 Å². The summed E-state index contributed by atoms with van der Waals surface area (Å²) in [7, 11) is 2.05. The van der Waals surface area contributed by atoms with Crippen LogP contribution in [-0.4, -0.2) is 27.8 Å². The van der Waals surface area contributed by atoms with Gasteiger partial charge in [-0.15, -0.1) is 0 Å². The summed E-state index contributed by atoms with van der Waals surface area (Å²) in [6.45, 7) is 10.2. The third-order valence-corrected chi connectivity index (χ3v) is 3.61.